The van der Waals surface area contributed by atoms with Crippen LogP contribution in [0.25, 0.3) is 0 Å². The summed E-state index contributed by atoms with van der Waals surface area (Å²) < 4.78 is 24.4. The number of nitrogens with zero attached hydrogens (tertiary/aromatic N) is 1. The Kier molecular flexibility index (Phi) is 4.57. The minimum absolute atomic E-state index is 0.0909. The van der Waals surface area contributed by atoms with Crippen molar-refractivity contribution in [1.82, 2.24) is 9.84 Å². The molecule has 0 aromatic heterocycles. The van der Waals surface area contributed by atoms with Gasteiger partial charge in [0.2, 0.25) is 0 Å². The van der Waals surface area contributed by atoms with Crippen LogP contribution in [0.15, 0.2) is 29.2 Å². The molecule has 5 nitrogen and oxygen atoms in total. The zero-order valence-corrected chi connectivity index (χ0v) is 12.0. The van der Waals surface area contributed by atoms with E-state index in [1.165, 1.54) is 6.42 Å². The highest BCUT2D eigenvalue weighted by atomic mass is 32.2. The van der Waals surface area contributed by atoms with Gasteiger partial charge in [-0.2, -0.15) is 0 Å². The molecule has 1 aromatic rings. The summed E-state index contributed by atoms with van der Waals surface area (Å²) in [5.41, 5.74) is 6.68. The van der Waals surface area contributed by atoms with E-state index in [9.17, 15) is 8.42 Å². The molecular weight excluding hydrogens is 262 g/mol. The van der Waals surface area contributed by atoms with Gasteiger partial charge in [0.15, 0.2) is 0 Å². The first-order valence-electron chi connectivity index (χ1n) is 6.62. The zero-order valence-electron chi connectivity index (χ0n) is 11.2. The molecule has 3 N–H and O–H groups in total. The quantitative estimate of drug-likeness (QED) is 0.875. The van der Waals surface area contributed by atoms with Crippen LogP contribution in [-0.4, -0.2) is 26.5 Å². The van der Waals surface area contributed by atoms with Crippen LogP contribution in [0.5, 0.6) is 0 Å². The number of nitrogens with two attached hydrogens (primary N) is 1. The van der Waals surface area contributed by atoms with Crippen molar-refractivity contribution >= 4 is 10.0 Å². The van der Waals surface area contributed by atoms with Crippen molar-refractivity contribution in [2.24, 2.45) is 5.73 Å². The van der Waals surface area contributed by atoms with Crippen molar-refractivity contribution in [2.45, 2.75) is 37.1 Å². The topological polar surface area (TPSA) is 75.4 Å². The molecule has 19 heavy (non-hydrogen) atoms. The Morgan fingerprint density at radius 2 is 1.74 bits per heavy atom. The molecule has 0 bridgehead atoms. The third-order valence-corrected chi connectivity index (χ3v) is 4.71. The molecule has 6 heteroatoms. The van der Waals surface area contributed by atoms with E-state index < -0.39 is 10.0 Å². The summed E-state index contributed by atoms with van der Waals surface area (Å²) in [5.74, 6) is 0. The van der Waals surface area contributed by atoms with E-state index in [0.29, 0.717) is 0 Å². The lowest BCUT2D eigenvalue weighted by atomic mass is 10.1. The second-order valence-corrected chi connectivity index (χ2v) is 6.66. The minimum atomic E-state index is -3.47. The van der Waals surface area contributed by atoms with Gasteiger partial charge in [-0.15, -0.1) is 4.83 Å². The normalized spacial score (nSPS) is 19.3. The van der Waals surface area contributed by atoms with Gasteiger partial charge in [0.25, 0.3) is 10.0 Å². The van der Waals surface area contributed by atoms with Crippen LogP contribution in [0.3, 0.4) is 0 Å². The third kappa shape index (κ3) is 3.76. The largest absolute Gasteiger partial charge is 0.324 e. The second-order valence-electron chi connectivity index (χ2n) is 5.00. The smallest absolute Gasteiger partial charge is 0.253 e. The molecule has 1 aliphatic heterocycles. The van der Waals surface area contributed by atoms with Gasteiger partial charge in [0.1, 0.15) is 0 Å². The molecule has 1 aliphatic rings. The molecule has 0 aliphatic carbocycles. The average Bonchev–Trinajstić information content (AvgIpc) is 2.39. The highest BCUT2D eigenvalue weighted by Crippen LogP contribution is 2.15. The number of rotatable bonds is 4. The van der Waals surface area contributed by atoms with Gasteiger partial charge in [0, 0.05) is 19.1 Å². The SMILES string of the molecule is CC(N)c1ccc(S(=O)(=O)NN2CCCCC2)cc1. The summed E-state index contributed by atoms with van der Waals surface area (Å²) in [6.07, 6.45) is 3.24. The molecule has 1 atom stereocenters. The van der Waals surface area contributed by atoms with Crippen LogP contribution in [0, 0.1) is 0 Å². The van der Waals surface area contributed by atoms with Crippen LogP contribution in [0.2, 0.25) is 0 Å². The van der Waals surface area contributed by atoms with Crippen molar-refractivity contribution in [3.63, 3.8) is 0 Å². The maximum Gasteiger partial charge on any atom is 0.253 e. The van der Waals surface area contributed by atoms with Crippen LogP contribution < -0.4 is 10.6 Å². The number of nitrogens with one attached hydrogen (secondary N) is 1. The summed E-state index contributed by atoms with van der Waals surface area (Å²) in [5, 5.41) is 1.78. The Balaban J connectivity index is 2.10. The Morgan fingerprint density at radius 3 is 2.26 bits per heavy atom. The van der Waals surface area contributed by atoms with Gasteiger partial charge in [-0.05, 0) is 37.5 Å². The highest BCUT2D eigenvalue weighted by Gasteiger charge is 2.19. The molecule has 0 amide bonds. The second kappa shape index (κ2) is 6.00. The lowest BCUT2D eigenvalue weighted by Crippen LogP contribution is -2.44. The summed E-state index contributed by atoms with van der Waals surface area (Å²) >= 11 is 0. The third-order valence-electron chi connectivity index (χ3n) is 3.32. The van der Waals surface area contributed by atoms with E-state index in [1.807, 2.05) is 6.92 Å². The van der Waals surface area contributed by atoms with Gasteiger partial charge >= 0.3 is 0 Å². The van der Waals surface area contributed by atoms with E-state index in [2.05, 4.69) is 4.83 Å². The van der Waals surface area contributed by atoms with Gasteiger partial charge < -0.3 is 5.73 Å². The van der Waals surface area contributed by atoms with Crippen molar-refractivity contribution < 1.29 is 8.42 Å². The van der Waals surface area contributed by atoms with Gasteiger partial charge in [-0.1, -0.05) is 18.6 Å². The first-order chi connectivity index (χ1) is 8.99. The van der Waals surface area contributed by atoms with Crippen LogP contribution in [0.1, 0.15) is 37.8 Å². The van der Waals surface area contributed by atoms with Crippen molar-refractivity contribution in [3.8, 4) is 0 Å². The van der Waals surface area contributed by atoms with Gasteiger partial charge in [0.05, 0.1) is 4.90 Å². The lowest BCUT2D eigenvalue weighted by molar-refractivity contribution is 0.200. The molecular formula is C13H21N3O2S. The molecule has 2 rings (SSSR count). The van der Waals surface area contributed by atoms with Crippen molar-refractivity contribution in [1.29, 1.82) is 0 Å². The van der Waals surface area contributed by atoms with Crippen LogP contribution in [-0.2, 0) is 10.0 Å². The van der Waals surface area contributed by atoms with Crippen LogP contribution >= 0.6 is 0 Å². The first-order valence-corrected chi connectivity index (χ1v) is 8.10. The molecule has 0 radical (unpaired) electrons. The van der Waals surface area contributed by atoms with Gasteiger partial charge in [-0.25, -0.2) is 13.4 Å². The summed E-state index contributed by atoms with van der Waals surface area (Å²) in [6.45, 7) is 3.42. The molecule has 1 heterocycles. The highest BCUT2D eigenvalue weighted by molar-refractivity contribution is 7.89. The number of hydrogen-bond donors (Lipinski definition) is 2. The average molecular weight is 283 g/mol. The number of benzene rings is 1. The summed E-state index contributed by atoms with van der Waals surface area (Å²) in [6, 6.07) is 6.63. The molecule has 0 spiro atoms. The first kappa shape index (κ1) is 14.5. The number of hydrogen-bond acceptors (Lipinski definition) is 4. The molecule has 1 aromatic carbocycles. The van der Waals surface area contributed by atoms with E-state index in [4.69, 9.17) is 5.73 Å². The predicted molar refractivity (Wildman–Crippen MR) is 74.8 cm³/mol. The summed E-state index contributed by atoms with van der Waals surface area (Å²) in [7, 11) is -3.47. The molecule has 1 saturated heterocycles. The Hall–Kier alpha value is -0.950. The molecule has 106 valence electrons. The molecule has 0 saturated carbocycles. The predicted octanol–water partition coefficient (Wildman–Crippen LogP) is 1.39. The minimum Gasteiger partial charge on any atom is -0.324 e. The number of sulfonamides is 1. The fourth-order valence-electron chi connectivity index (χ4n) is 2.16. The number of piperidine rings is 1. The maximum atomic E-state index is 12.2. The Morgan fingerprint density at radius 1 is 1.16 bits per heavy atom. The maximum absolute atomic E-state index is 12.2. The van der Waals surface area contributed by atoms with E-state index >= 15 is 0 Å². The van der Waals surface area contributed by atoms with E-state index in [0.717, 1.165) is 31.5 Å². The summed E-state index contributed by atoms with van der Waals surface area (Å²) in [4.78, 5) is 2.91. The molecule has 1 unspecified atom stereocenters. The zero-order chi connectivity index (χ0) is 13.9. The van der Waals surface area contributed by atoms with E-state index in [1.54, 1.807) is 29.3 Å². The van der Waals surface area contributed by atoms with Crippen molar-refractivity contribution in [2.75, 3.05) is 13.1 Å². The fourth-order valence-corrected chi connectivity index (χ4v) is 3.28. The lowest BCUT2D eigenvalue weighted by Gasteiger charge is -2.26. The van der Waals surface area contributed by atoms with Crippen molar-refractivity contribution in [3.05, 3.63) is 29.8 Å². The standard InChI is InChI=1S/C13H21N3O2S/c1-11(14)12-5-7-13(8-6-12)19(17,18)15-16-9-3-2-4-10-16/h5-8,11,15H,2-4,9-10,14H2,1H3. The molecule has 1 fully saturated rings. The fraction of sp³-hybridized carbons (Fsp3) is 0.538. The van der Waals surface area contributed by atoms with E-state index in [-0.39, 0.29) is 10.9 Å². The van der Waals surface area contributed by atoms with Crippen LogP contribution in [0.4, 0.5) is 0 Å². The monoisotopic (exact) mass is 283 g/mol. The Labute approximate surface area is 114 Å². The van der Waals surface area contributed by atoms with Gasteiger partial charge in [-0.3, -0.25) is 0 Å². The number of hydrazine groups is 1. The Bertz CT molecular complexity index is 505.